The Labute approximate surface area is 116 Å². The quantitative estimate of drug-likeness (QED) is 0.780. The Hall–Kier alpha value is -0.190. The van der Waals surface area contributed by atoms with Crippen LogP contribution in [0.4, 0.5) is 0 Å². The fraction of sp³-hybridized carbons (Fsp3) is 0.538. The molecular weight excluding hydrogens is 300 g/mol. The number of benzene rings is 1. The van der Waals surface area contributed by atoms with Crippen molar-refractivity contribution in [2.75, 3.05) is 18.6 Å². The van der Waals surface area contributed by atoms with Crippen LogP contribution in [-0.2, 0) is 6.42 Å². The molecule has 0 aliphatic heterocycles. The molecule has 0 fully saturated rings. The van der Waals surface area contributed by atoms with E-state index in [1.165, 1.54) is 0 Å². The van der Waals surface area contributed by atoms with Crippen LogP contribution in [0.5, 0.6) is 5.75 Å². The fourth-order valence-electron chi connectivity index (χ4n) is 1.55. The second-order valence-corrected chi connectivity index (χ2v) is 6.05. The van der Waals surface area contributed by atoms with Crippen molar-refractivity contribution in [1.82, 2.24) is 0 Å². The van der Waals surface area contributed by atoms with E-state index in [1.54, 1.807) is 7.11 Å². The number of ether oxygens (including phenoxy) is 1. The van der Waals surface area contributed by atoms with Crippen molar-refractivity contribution in [3.05, 3.63) is 28.2 Å². The minimum Gasteiger partial charge on any atom is -0.497 e. The molecule has 0 spiro atoms. The summed E-state index contributed by atoms with van der Waals surface area (Å²) in [6, 6.07) is 5.84. The first-order valence-electron chi connectivity index (χ1n) is 5.75. The molecular formula is C13H19BrO2S. The fourth-order valence-corrected chi connectivity index (χ4v) is 2.69. The van der Waals surface area contributed by atoms with Gasteiger partial charge in [0.2, 0.25) is 0 Å². The molecule has 0 amide bonds. The van der Waals surface area contributed by atoms with Gasteiger partial charge in [-0.15, -0.1) is 0 Å². The first-order valence-corrected chi connectivity index (χ1v) is 7.70. The Bertz CT molecular complexity index is 344. The number of thioether (sulfide) groups is 1. The average Bonchev–Trinajstić information content (AvgIpc) is 2.32. The molecule has 0 heterocycles. The second kappa shape index (κ2) is 8.01. The molecule has 0 aromatic heterocycles. The molecule has 0 bridgehead atoms. The molecule has 1 unspecified atom stereocenters. The summed E-state index contributed by atoms with van der Waals surface area (Å²) in [4.78, 5) is 0. The van der Waals surface area contributed by atoms with Gasteiger partial charge in [0.05, 0.1) is 13.2 Å². The maximum Gasteiger partial charge on any atom is 0.119 e. The number of aliphatic hydroxyl groups excluding tert-OH is 1. The third-order valence-electron chi connectivity index (χ3n) is 2.51. The van der Waals surface area contributed by atoms with Gasteiger partial charge in [0.25, 0.3) is 0 Å². The van der Waals surface area contributed by atoms with Gasteiger partial charge in [0, 0.05) is 4.47 Å². The molecule has 4 heteroatoms. The average molecular weight is 319 g/mol. The van der Waals surface area contributed by atoms with E-state index in [0.29, 0.717) is 6.42 Å². The van der Waals surface area contributed by atoms with Gasteiger partial charge >= 0.3 is 0 Å². The van der Waals surface area contributed by atoms with Crippen LogP contribution in [-0.4, -0.2) is 29.8 Å². The van der Waals surface area contributed by atoms with E-state index in [9.17, 15) is 5.11 Å². The van der Waals surface area contributed by atoms with Crippen molar-refractivity contribution in [3.63, 3.8) is 0 Å². The lowest BCUT2D eigenvalue weighted by molar-refractivity contribution is 0.172. The predicted molar refractivity (Wildman–Crippen MR) is 78.0 cm³/mol. The lowest BCUT2D eigenvalue weighted by Gasteiger charge is -2.12. The van der Waals surface area contributed by atoms with Crippen LogP contribution in [0, 0.1) is 0 Å². The van der Waals surface area contributed by atoms with Gasteiger partial charge in [-0.3, -0.25) is 0 Å². The molecule has 0 aliphatic carbocycles. The Balaban J connectivity index is 2.54. The maximum absolute atomic E-state index is 9.94. The summed E-state index contributed by atoms with van der Waals surface area (Å²) in [6.07, 6.45) is 1.22. The summed E-state index contributed by atoms with van der Waals surface area (Å²) in [7, 11) is 1.65. The second-order valence-electron chi connectivity index (χ2n) is 3.80. The van der Waals surface area contributed by atoms with Crippen molar-refractivity contribution < 1.29 is 9.84 Å². The third-order valence-corrected chi connectivity index (χ3v) is 4.21. The predicted octanol–water partition coefficient (Wildman–Crippen LogP) is 3.50. The number of methoxy groups -OCH3 is 1. The van der Waals surface area contributed by atoms with Crippen LogP contribution >= 0.6 is 27.7 Å². The van der Waals surface area contributed by atoms with Gasteiger partial charge in [-0.25, -0.2) is 0 Å². The van der Waals surface area contributed by atoms with E-state index in [0.717, 1.165) is 33.7 Å². The summed E-state index contributed by atoms with van der Waals surface area (Å²) in [5.74, 6) is 2.95. The highest BCUT2D eigenvalue weighted by Gasteiger charge is 2.09. The van der Waals surface area contributed by atoms with Gasteiger partial charge < -0.3 is 9.84 Å². The number of hydrogen-bond acceptors (Lipinski definition) is 3. The van der Waals surface area contributed by atoms with E-state index in [4.69, 9.17) is 4.74 Å². The molecule has 17 heavy (non-hydrogen) atoms. The highest BCUT2D eigenvalue weighted by Crippen LogP contribution is 2.24. The summed E-state index contributed by atoms with van der Waals surface area (Å²) < 4.78 is 6.21. The Morgan fingerprint density at radius 2 is 2.24 bits per heavy atom. The highest BCUT2D eigenvalue weighted by atomic mass is 79.9. The number of rotatable bonds is 7. The topological polar surface area (TPSA) is 29.5 Å². The lowest BCUT2D eigenvalue weighted by atomic mass is 10.1. The third kappa shape index (κ3) is 5.32. The minimum atomic E-state index is -0.280. The minimum absolute atomic E-state index is 0.280. The monoisotopic (exact) mass is 318 g/mol. The summed E-state index contributed by atoms with van der Waals surface area (Å²) in [5.41, 5.74) is 1.10. The first kappa shape index (κ1) is 14.9. The molecule has 1 N–H and O–H groups in total. The SMILES string of the molecule is CCSCCC(O)Cc1cc(OC)ccc1Br. The van der Waals surface area contributed by atoms with E-state index in [1.807, 2.05) is 30.0 Å². The molecule has 96 valence electrons. The standard InChI is InChI=1S/C13H19BrO2S/c1-3-17-7-6-11(15)8-10-9-12(16-2)4-5-13(10)14/h4-5,9,11,15H,3,6-8H2,1-2H3. The van der Waals surface area contributed by atoms with Crippen molar-refractivity contribution in [2.24, 2.45) is 0 Å². The molecule has 1 aromatic rings. The van der Waals surface area contributed by atoms with Crippen LogP contribution in [0.2, 0.25) is 0 Å². The van der Waals surface area contributed by atoms with E-state index in [2.05, 4.69) is 22.9 Å². The van der Waals surface area contributed by atoms with E-state index >= 15 is 0 Å². The molecule has 1 rings (SSSR count). The molecule has 0 aliphatic rings. The molecule has 0 saturated heterocycles. The zero-order chi connectivity index (χ0) is 12.7. The van der Waals surface area contributed by atoms with Gasteiger partial charge in [0.15, 0.2) is 0 Å². The van der Waals surface area contributed by atoms with Crippen molar-refractivity contribution in [2.45, 2.75) is 25.9 Å². The maximum atomic E-state index is 9.94. The molecule has 1 atom stereocenters. The van der Waals surface area contributed by atoms with Gasteiger partial charge in [0.1, 0.15) is 5.75 Å². The summed E-state index contributed by atoms with van der Waals surface area (Å²) in [5, 5.41) is 9.94. The summed E-state index contributed by atoms with van der Waals surface area (Å²) >= 11 is 5.36. The Kier molecular flexibility index (Phi) is 7.00. The van der Waals surface area contributed by atoms with Gasteiger partial charge in [-0.1, -0.05) is 22.9 Å². The van der Waals surface area contributed by atoms with Gasteiger partial charge in [-0.2, -0.15) is 11.8 Å². The van der Waals surface area contributed by atoms with Gasteiger partial charge in [-0.05, 0) is 48.1 Å². The zero-order valence-corrected chi connectivity index (χ0v) is 12.7. The highest BCUT2D eigenvalue weighted by molar-refractivity contribution is 9.10. The van der Waals surface area contributed by atoms with E-state index in [-0.39, 0.29) is 6.10 Å². The normalized spacial score (nSPS) is 12.5. The number of aliphatic hydroxyl groups is 1. The van der Waals surface area contributed by atoms with Crippen molar-refractivity contribution in [3.8, 4) is 5.75 Å². The van der Waals surface area contributed by atoms with Crippen LogP contribution in [0.15, 0.2) is 22.7 Å². The molecule has 2 nitrogen and oxygen atoms in total. The lowest BCUT2D eigenvalue weighted by Crippen LogP contribution is -2.12. The van der Waals surface area contributed by atoms with Crippen LogP contribution < -0.4 is 4.74 Å². The van der Waals surface area contributed by atoms with Crippen molar-refractivity contribution >= 4 is 27.7 Å². The summed E-state index contributed by atoms with van der Waals surface area (Å²) in [6.45, 7) is 2.13. The molecule has 0 radical (unpaired) electrons. The first-order chi connectivity index (χ1) is 8.17. The molecule has 1 aromatic carbocycles. The zero-order valence-electron chi connectivity index (χ0n) is 10.3. The Morgan fingerprint density at radius 1 is 1.47 bits per heavy atom. The number of hydrogen-bond donors (Lipinski definition) is 1. The van der Waals surface area contributed by atoms with Crippen LogP contribution in [0.3, 0.4) is 0 Å². The smallest absolute Gasteiger partial charge is 0.119 e. The van der Waals surface area contributed by atoms with E-state index < -0.39 is 0 Å². The van der Waals surface area contributed by atoms with Crippen molar-refractivity contribution in [1.29, 1.82) is 0 Å². The van der Waals surface area contributed by atoms with Crippen LogP contribution in [0.1, 0.15) is 18.9 Å². The molecule has 0 saturated carbocycles. The van der Waals surface area contributed by atoms with Crippen LogP contribution in [0.25, 0.3) is 0 Å². The largest absolute Gasteiger partial charge is 0.497 e. The number of halogens is 1. The Morgan fingerprint density at radius 3 is 2.88 bits per heavy atom.